The van der Waals surface area contributed by atoms with Crippen LogP contribution < -0.4 is 21.7 Å². The number of carbonyl (C=O) groups is 3. The molecule has 0 saturated heterocycles. The van der Waals surface area contributed by atoms with Crippen LogP contribution in [0.4, 0.5) is 0 Å². The average molecular weight is 369 g/mol. The molecular formula is C17H31N5O4. The summed E-state index contributed by atoms with van der Waals surface area (Å²) in [5, 5.41) is 25.7. The maximum atomic E-state index is 11.8. The first-order valence-electron chi connectivity index (χ1n) is 8.99. The highest BCUT2D eigenvalue weighted by Crippen LogP contribution is 2.38. The number of carboxylic acids is 1. The summed E-state index contributed by atoms with van der Waals surface area (Å²) in [5.41, 5.74) is 5.50. The number of amides is 2. The van der Waals surface area contributed by atoms with Gasteiger partial charge in [-0.15, -0.1) is 0 Å². The summed E-state index contributed by atoms with van der Waals surface area (Å²) in [6, 6.07) is -1.46. The number of hydrogen-bond donors (Lipinski definition) is 6. The summed E-state index contributed by atoms with van der Waals surface area (Å²) in [7, 11) is 0. The van der Waals surface area contributed by atoms with Gasteiger partial charge in [0, 0.05) is 37.9 Å². The lowest BCUT2D eigenvalue weighted by molar-refractivity contribution is -0.142. The van der Waals surface area contributed by atoms with Gasteiger partial charge in [0.25, 0.3) is 0 Å². The van der Waals surface area contributed by atoms with E-state index >= 15 is 0 Å². The van der Waals surface area contributed by atoms with Crippen LogP contribution in [0, 0.1) is 23.2 Å². The fourth-order valence-electron chi connectivity index (χ4n) is 4.17. The van der Waals surface area contributed by atoms with Gasteiger partial charge in [-0.25, -0.2) is 0 Å². The second-order valence-electron chi connectivity index (χ2n) is 6.95. The van der Waals surface area contributed by atoms with Crippen molar-refractivity contribution in [2.45, 2.75) is 65.1 Å². The van der Waals surface area contributed by atoms with E-state index in [1.807, 2.05) is 13.8 Å². The Kier molecular flexibility index (Phi) is 7.85. The molecule has 0 heterocycles. The smallest absolute Gasteiger partial charge is 0.308 e. The number of nitrogens with one attached hydrogen (secondary N) is 4. The first kappa shape index (κ1) is 21.7. The van der Waals surface area contributed by atoms with Gasteiger partial charge in [-0.3, -0.25) is 19.8 Å². The minimum absolute atomic E-state index is 0.101. The van der Waals surface area contributed by atoms with Gasteiger partial charge in [-0.05, 0) is 12.3 Å². The molecule has 9 nitrogen and oxygen atoms in total. The molecule has 1 aliphatic carbocycles. The second-order valence-corrected chi connectivity index (χ2v) is 6.95. The Hall–Kier alpha value is -2.32. The normalized spacial score (nSPS) is 26.2. The first-order chi connectivity index (χ1) is 12.1. The van der Waals surface area contributed by atoms with Crippen molar-refractivity contribution in [3.8, 4) is 0 Å². The Balaban J connectivity index is 3.37. The van der Waals surface area contributed by atoms with Crippen LogP contribution >= 0.6 is 0 Å². The Morgan fingerprint density at radius 1 is 1.15 bits per heavy atom. The molecule has 2 amide bonds. The third-order valence-corrected chi connectivity index (χ3v) is 5.19. The van der Waals surface area contributed by atoms with E-state index in [4.69, 9.17) is 11.1 Å². The quantitative estimate of drug-likeness (QED) is 0.261. The van der Waals surface area contributed by atoms with Crippen molar-refractivity contribution in [2.24, 2.45) is 23.5 Å². The Morgan fingerprint density at radius 3 is 2.12 bits per heavy atom. The number of aliphatic carboxylic acids is 1. The maximum absolute atomic E-state index is 11.8. The fourth-order valence-corrected chi connectivity index (χ4v) is 4.17. The van der Waals surface area contributed by atoms with Crippen LogP contribution in [0.3, 0.4) is 0 Å². The Labute approximate surface area is 154 Å². The van der Waals surface area contributed by atoms with Gasteiger partial charge in [0.2, 0.25) is 11.8 Å². The second kappa shape index (κ2) is 9.40. The summed E-state index contributed by atoms with van der Waals surface area (Å²) in [5.74, 6) is -2.97. The molecule has 5 atom stereocenters. The van der Waals surface area contributed by atoms with Crippen molar-refractivity contribution in [2.75, 3.05) is 0 Å². The fraction of sp³-hybridized carbons (Fsp3) is 0.765. The monoisotopic (exact) mass is 369 g/mol. The van der Waals surface area contributed by atoms with E-state index in [-0.39, 0.29) is 36.2 Å². The summed E-state index contributed by atoms with van der Waals surface area (Å²) in [6.07, 6.45) is 1.78. The van der Waals surface area contributed by atoms with Crippen LogP contribution in [0.1, 0.15) is 47.0 Å². The molecule has 7 N–H and O–H groups in total. The van der Waals surface area contributed by atoms with Crippen molar-refractivity contribution in [3.05, 3.63) is 0 Å². The van der Waals surface area contributed by atoms with Crippen LogP contribution in [0.5, 0.6) is 0 Å². The lowest BCUT2D eigenvalue weighted by Gasteiger charge is -2.38. The highest BCUT2D eigenvalue weighted by atomic mass is 16.4. The van der Waals surface area contributed by atoms with Gasteiger partial charge in [0.05, 0.1) is 5.92 Å². The minimum Gasteiger partial charge on any atom is -0.481 e. The molecule has 0 radical (unpaired) electrons. The summed E-state index contributed by atoms with van der Waals surface area (Å²) >= 11 is 0. The van der Waals surface area contributed by atoms with Gasteiger partial charge in [0.1, 0.15) is 0 Å². The number of guanidine groups is 1. The maximum Gasteiger partial charge on any atom is 0.308 e. The van der Waals surface area contributed by atoms with E-state index in [9.17, 15) is 19.5 Å². The van der Waals surface area contributed by atoms with Crippen LogP contribution in [-0.4, -0.2) is 47.0 Å². The average Bonchev–Trinajstić information content (AvgIpc) is 2.83. The zero-order valence-electron chi connectivity index (χ0n) is 15.8. The molecular weight excluding hydrogens is 338 g/mol. The van der Waals surface area contributed by atoms with Gasteiger partial charge in [-0.1, -0.05) is 26.7 Å². The topological polar surface area (TPSA) is 157 Å². The summed E-state index contributed by atoms with van der Waals surface area (Å²) in [4.78, 5) is 35.3. The minimum atomic E-state index is -1.02. The van der Waals surface area contributed by atoms with Crippen molar-refractivity contribution >= 4 is 23.7 Å². The van der Waals surface area contributed by atoms with Crippen molar-refractivity contribution in [1.29, 1.82) is 5.41 Å². The van der Waals surface area contributed by atoms with Crippen LogP contribution in [0.15, 0.2) is 0 Å². The largest absolute Gasteiger partial charge is 0.481 e. The third kappa shape index (κ3) is 5.34. The summed E-state index contributed by atoms with van der Waals surface area (Å²) < 4.78 is 0. The first-order valence-corrected chi connectivity index (χ1v) is 8.99. The molecule has 0 aromatic carbocycles. The van der Waals surface area contributed by atoms with E-state index in [1.54, 1.807) is 0 Å². The molecule has 0 spiro atoms. The van der Waals surface area contributed by atoms with E-state index in [0.717, 1.165) is 12.8 Å². The van der Waals surface area contributed by atoms with E-state index in [1.165, 1.54) is 13.8 Å². The molecule has 1 fully saturated rings. The number of carbonyl (C=O) groups excluding carboxylic acids is 2. The van der Waals surface area contributed by atoms with Crippen LogP contribution in [0.2, 0.25) is 0 Å². The highest BCUT2D eigenvalue weighted by Gasteiger charge is 2.51. The molecule has 0 aliphatic heterocycles. The van der Waals surface area contributed by atoms with Gasteiger partial charge in [0.15, 0.2) is 5.96 Å². The van der Waals surface area contributed by atoms with Gasteiger partial charge < -0.3 is 26.8 Å². The third-order valence-electron chi connectivity index (χ3n) is 5.19. The zero-order valence-corrected chi connectivity index (χ0v) is 15.8. The van der Waals surface area contributed by atoms with E-state index in [0.29, 0.717) is 0 Å². The predicted octanol–water partition coefficient (Wildman–Crippen LogP) is 0.00437. The van der Waals surface area contributed by atoms with Crippen molar-refractivity contribution < 1.29 is 19.5 Å². The lowest BCUT2D eigenvalue weighted by atomic mass is 9.79. The Morgan fingerprint density at radius 2 is 1.73 bits per heavy atom. The van der Waals surface area contributed by atoms with Gasteiger partial charge >= 0.3 is 5.97 Å². The molecule has 26 heavy (non-hydrogen) atoms. The molecule has 1 rings (SSSR count). The number of carboxylic acid groups (broad SMARTS) is 1. The molecule has 0 unspecified atom stereocenters. The zero-order chi connectivity index (χ0) is 20.0. The van der Waals surface area contributed by atoms with Crippen molar-refractivity contribution in [3.63, 3.8) is 0 Å². The predicted molar refractivity (Wildman–Crippen MR) is 97.4 cm³/mol. The summed E-state index contributed by atoms with van der Waals surface area (Å²) in [6.45, 7) is 6.77. The number of nitrogens with two attached hydrogens (primary N) is 1. The van der Waals surface area contributed by atoms with Crippen molar-refractivity contribution in [1.82, 2.24) is 16.0 Å². The molecule has 0 aromatic heterocycles. The molecule has 0 bridgehead atoms. The number of hydrogen-bond acceptors (Lipinski definition) is 4. The standard InChI is InChI=1S/C17H31N5O4/c1-5-10(6-2)14(20-8(3)23)13-12(22-17(18)19)7-11(16(25)26)15(13)21-9(4)24/h10-15H,5-7H2,1-4H3,(H,20,23)(H,21,24)(H,25,26)(H4,18,19,22)/t11-,12+,13+,14+,15+/m0/s1. The Bertz CT molecular complexity index is 549. The molecule has 9 heteroatoms. The van der Waals surface area contributed by atoms with Crippen LogP contribution in [0.25, 0.3) is 0 Å². The lowest BCUT2D eigenvalue weighted by Crippen LogP contribution is -2.58. The van der Waals surface area contributed by atoms with E-state index < -0.39 is 29.9 Å². The number of rotatable bonds is 8. The SMILES string of the molecule is CCC(CC)[C@@H](NC(C)=O)[C@@H]1[C@H](NC(C)=O)[C@@H](C(=O)O)C[C@H]1NC(=N)N. The highest BCUT2D eigenvalue weighted by molar-refractivity contribution is 5.78. The molecule has 1 aliphatic rings. The van der Waals surface area contributed by atoms with Crippen LogP contribution in [-0.2, 0) is 14.4 Å². The van der Waals surface area contributed by atoms with E-state index in [2.05, 4.69) is 16.0 Å². The molecule has 148 valence electrons. The van der Waals surface area contributed by atoms with Gasteiger partial charge in [-0.2, -0.15) is 0 Å². The molecule has 0 aromatic rings. The molecule has 1 saturated carbocycles.